The van der Waals surface area contributed by atoms with Crippen LogP contribution < -0.4 is 16.0 Å². The van der Waals surface area contributed by atoms with Crippen molar-refractivity contribution in [2.45, 2.75) is 6.42 Å². The number of nitrogens with two attached hydrogens (primary N) is 1. The van der Waals surface area contributed by atoms with E-state index in [1.54, 1.807) is 42.5 Å². The maximum atomic E-state index is 14.9. The fourth-order valence-electron chi connectivity index (χ4n) is 3.38. The first-order valence-electron chi connectivity index (χ1n) is 9.95. The Morgan fingerprint density at radius 3 is 2.91 bits per heavy atom. The van der Waals surface area contributed by atoms with Crippen LogP contribution in [0.15, 0.2) is 54.9 Å². The van der Waals surface area contributed by atoms with Crippen LogP contribution in [-0.4, -0.2) is 46.3 Å². The zero-order chi connectivity index (χ0) is 22.5. The number of benzene rings is 2. The van der Waals surface area contributed by atoms with Crippen molar-refractivity contribution in [3.05, 3.63) is 66.2 Å². The molecular weight excluding hydrogens is 413 g/mol. The van der Waals surface area contributed by atoms with Gasteiger partial charge in [-0.2, -0.15) is 10.1 Å². The summed E-state index contributed by atoms with van der Waals surface area (Å²) in [5.74, 6) is -0.830. The van der Waals surface area contributed by atoms with Crippen LogP contribution in [0.25, 0.3) is 10.9 Å². The molecule has 2 aromatic carbocycles. The molecule has 4 aromatic rings. The Kier molecular flexibility index (Phi) is 6.22. The number of rotatable bonds is 9. The molecule has 0 bridgehead atoms. The number of primary amides is 1. The van der Waals surface area contributed by atoms with Gasteiger partial charge in [-0.3, -0.25) is 9.89 Å². The van der Waals surface area contributed by atoms with Gasteiger partial charge in [0, 0.05) is 36.9 Å². The van der Waals surface area contributed by atoms with Crippen molar-refractivity contribution in [3.63, 3.8) is 0 Å². The number of carbonyl (C=O) groups excluding carboxylic acids is 1. The van der Waals surface area contributed by atoms with E-state index in [9.17, 15) is 9.18 Å². The lowest BCUT2D eigenvalue weighted by Crippen LogP contribution is -2.23. The zero-order valence-electron chi connectivity index (χ0n) is 17.4. The molecule has 0 spiro atoms. The average Bonchev–Trinajstić information content (AvgIpc) is 3.28. The van der Waals surface area contributed by atoms with Crippen molar-refractivity contribution in [3.8, 4) is 0 Å². The number of nitrogens with one attached hydrogen (secondary N) is 2. The number of ether oxygens (including phenoxy) is 1. The third kappa shape index (κ3) is 4.49. The van der Waals surface area contributed by atoms with E-state index >= 15 is 0 Å². The van der Waals surface area contributed by atoms with Gasteiger partial charge >= 0.3 is 0 Å². The second kappa shape index (κ2) is 9.40. The topological polar surface area (TPSA) is 122 Å². The molecule has 10 heteroatoms. The van der Waals surface area contributed by atoms with Crippen molar-refractivity contribution >= 4 is 40.0 Å². The number of halogens is 1. The minimum Gasteiger partial charge on any atom is -0.385 e. The number of aromatic amines is 1. The minimum atomic E-state index is -0.570. The van der Waals surface area contributed by atoms with Crippen LogP contribution in [0.4, 0.5) is 27.5 Å². The third-order valence-corrected chi connectivity index (χ3v) is 4.87. The summed E-state index contributed by atoms with van der Waals surface area (Å²) in [6, 6.07) is 12.3. The highest BCUT2D eigenvalue weighted by molar-refractivity contribution is 5.94. The Hall–Kier alpha value is -4.05. The van der Waals surface area contributed by atoms with Gasteiger partial charge in [0.2, 0.25) is 11.9 Å². The second-order valence-electron chi connectivity index (χ2n) is 7.04. The molecule has 32 heavy (non-hydrogen) atoms. The number of aromatic nitrogens is 4. The van der Waals surface area contributed by atoms with Crippen LogP contribution >= 0.6 is 0 Å². The van der Waals surface area contributed by atoms with Crippen molar-refractivity contribution < 1.29 is 13.9 Å². The molecule has 0 unspecified atom stereocenters. The Bertz CT molecular complexity index is 1240. The molecule has 0 aliphatic rings. The highest BCUT2D eigenvalue weighted by atomic mass is 19.1. The van der Waals surface area contributed by atoms with Gasteiger partial charge in [0.15, 0.2) is 11.6 Å². The van der Waals surface area contributed by atoms with Crippen molar-refractivity contribution in [1.29, 1.82) is 0 Å². The molecule has 2 aromatic heterocycles. The molecule has 0 aliphatic carbocycles. The van der Waals surface area contributed by atoms with Crippen LogP contribution in [0.3, 0.4) is 0 Å². The molecule has 164 valence electrons. The number of fused-ring (bicyclic) bond motifs is 1. The van der Waals surface area contributed by atoms with Gasteiger partial charge in [-0.15, -0.1) is 0 Å². The first kappa shape index (κ1) is 21.2. The van der Waals surface area contributed by atoms with Gasteiger partial charge in [-0.25, -0.2) is 9.37 Å². The third-order valence-electron chi connectivity index (χ3n) is 4.87. The molecule has 9 nitrogen and oxygen atoms in total. The molecule has 0 radical (unpaired) electrons. The van der Waals surface area contributed by atoms with E-state index in [1.807, 2.05) is 18.2 Å². The SMILES string of the molecule is COCCCN(c1nc(Nc2cccc(C(N)=O)c2)ncc1F)c1cccc2[nH]ncc12. The molecule has 0 saturated heterocycles. The lowest BCUT2D eigenvalue weighted by Gasteiger charge is -2.25. The summed E-state index contributed by atoms with van der Waals surface area (Å²) in [5.41, 5.74) is 7.83. The number of nitrogens with zero attached hydrogens (tertiary/aromatic N) is 4. The summed E-state index contributed by atoms with van der Waals surface area (Å²) in [6.07, 6.45) is 3.46. The smallest absolute Gasteiger partial charge is 0.248 e. The lowest BCUT2D eigenvalue weighted by molar-refractivity contribution is 0.100. The average molecular weight is 435 g/mol. The van der Waals surface area contributed by atoms with Gasteiger partial charge in [-0.05, 0) is 36.8 Å². The molecule has 4 N–H and O–H groups in total. The van der Waals surface area contributed by atoms with Crippen molar-refractivity contribution in [1.82, 2.24) is 20.2 Å². The van der Waals surface area contributed by atoms with Crippen LogP contribution in [0.2, 0.25) is 0 Å². The molecular formula is C22H22FN7O2. The van der Waals surface area contributed by atoms with Crippen LogP contribution in [-0.2, 0) is 4.74 Å². The summed E-state index contributed by atoms with van der Waals surface area (Å²) in [7, 11) is 1.62. The zero-order valence-corrected chi connectivity index (χ0v) is 17.4. The quantitative estimate of drug-likeness (QED) is 0.344. The first-order chi connectivity index (χ1) is 15.6. The number of hydrogen-bond donors (Lipinski definition) is 3. The minimum absolute atomic E-state index is 0.110. The Balaban J connectivity index is 1.72. The number of hydrogen-bond acceptors (Lipinski definition) is 7. The first-order valence-corrected chi connectivity index (χ1v) is 9.95. The fraction of sp³-hybridized carbons (Fsp3) is 0.182. The predicted octanol–water partition coefficient (Wildman–Crippen LogP) is 3.51. The normalized spacial score (nSPS) is 10.9. The molecule has 0 aliphatic heterocycles. The van der Waals surface area contributed by atoms with Crippen LogP contribution in [0.1, 0.15) is 16.8 Å². The maximum Gasteiger partial charge on any atom is 0.248 e. The summed E-state index contributed by atoms with van der Waals surface area (Å²) >= 11 is 0. The fourth-order valence-corrected chi connectivity index (χ4v) is 3.38. The lowest BCUT2D eigenvalue weighted by atomic mass is 10.2. The number of anilines is 4. The number of carbonyl (C=O) groups is 1. The number of amides is 1. The highest BCUT2D eigenvalue weighted by Crippen LogP contribution is 2.32. The van der Waals surface area contributed by atoms with Gasteiger partial charge in [0.25, 0.3) is 0 Å². The Morgan fingerprint density at radius 1 is 1.25 bits per heavy atom. The number of H-pyrrole nitrogens is 1. The summed E-state index contributed by atoms with van der Waals surface area (Å²) in [4.78, 5) is 21.7. The molecule has 4 rings (SSSR count). The van der Waals surface area contributed by atoms with E-state index in [4.69, 9.17) is 10.5 Å². The molecule has 2 heterocycles. The van der Waals surface area contributed by atoms with E-state index in [2.05, 4.69) is 25.5 Å². The summed E-state index contributed by atoms with van der Waals surface area (Å²) < 4.78 is 20.1. The molecule has 0 atom stereocenters. The monoisotopic (exact) mass is 435 g/mol. The van der Waals surface area contributed by atoms with Crippen LogP contribution in [0, 0.1) is 5.82 Å². The van der Waals surface area contributed by atoms with Crippen LogP contribution in [0.5, 0.6) is 0 Å². The standard InChI is InChI=1S/C22H22FN7O2/c1-32-10-4-9-30(19-8-3-7-18-16(19)12-26-29-18)21-17(23)13-25-22(28-21)27-15-6-2-5-14(11-15)20(24)31/h2-3,5-8,11-13H,4,9-10H2,1H3,(H2,24,31)(H,26,29)(H,25,27,28). The highest BCUT2D eigenvalue weighted by Gasteiger charge is 2.20. The van der Waals surface area contributed by atoms with Gasteiger partial charge in [-0.1, -0.05) is 12.1 Å². The summed E-state index contributed by atoms with van der Waals surface area (Å²) in [6.45, 7) is 0.970. The predicted molar refractivity (Wildman–Crippen MR) is 120 cm³/mol. The van der Waals surface area contributed by atoms with Crippen molar-refractivity contribution in [2.24, 2.45) is 5.73 Å². The van der Waals surface area contributed by atoms with E-state index in [-0.39, 0.29) is 11.8 Å². The van der Waals surface area contributed by atoms with E-state index in [0.717, 1.165) is 22.8 Å². The van der Waals surface area contributed by atoms with E-state index in [1.165, 1.54) is 0 Å². The second-order valence-corrected chi connectivity index (χ2v) is 7.04. The Morgan fingerprint density at radius 2 is 2.09 bits per heavy atom. The van der Waals surface area contributed by atoms with E-state index in [0.29, 0.717) is 30.8 Å². The molecule has 0 saturated carbocycles. The van der Waals surface area contributed by atoms with E-state index < -0.39 is 11.7 Å². The number of methoxy groups -OCH3 is 1. The van der Waals surface area contributed by atoms with Gasteiger partial charge < -0.3 is 20.7 Å². The summed E-state index contributed by atoms with van der Waals surface area (Å²) in [5, 5.41) is 10.9. The van der Waals surface area contributed by atoms with Crippen molar-refractivity contribution in [2.75, 3.05) is 30.5 Å². The maximum absolute atomic E-state index is 14.9. The molecule has 1 amide bonds. The largest absolute Gasteiger partial charge is 0.385 e. The Labute approximate surface area is 183 Å². The molecule has 0 fully saturated rings. The van der Waals surface area contributed by atoms with Gasteiger partial charge in [0.1, 0.15) is 0 Å². The van der Waals surface area contributed by atoms with Gasteiger partial charge in [0.05, 0.1) is 23.6 Å².